The zero-order chi connectivity index (χ0) is 16.8. The van der Waals surface area contributed by atoms with Gasteiger partial charge in [-0.2, -0.15) is 0 Å². The lowest BCUT2D eigenvalue weighted by molar-refractivity contribution is -0.126. The molecule has 2 N–H and O–H groups in total. The Hall–Kier alpha value is -2.24. The minimum atomic E-state index is -0.211. The number of hydrogen-bond donors (Lipinski definition) is 2. The molecule has 0 radical (unpaired) electrons. The summed E-state index contributed by atoms with van der Waals surface area (Å²) in [4.78, 5) is 26.1. The van der Waals surface area contributed by atoms with Gasteiger partial charge in [-0.1, -0.05) is 6.92 Å². The summed E-state index contributed by atoms with van der Waals surface area (Å²) in [7, 11) is 1.50. The van der Waals surface area contributed by atoms with Gasteiger partial charge in [-0.3, -0.25) is 9.59 Å². The predicted molar refractivity (Wildman–Crippen MR) is 86.6 cm³/mol. The first kappa shape index (κ1) is 17.1. The second-order valence-electron chi connectivity index (χ2n) is 5.74. The Morgan fingerprint density at radius 2 is 2.04 bits per heavy atom. The van der Waals surface area contributed by atoms with Crippen molar-refractivity contribution in [1.82, 2.24) is 10.2 Å². The van der Waals surface area contributed by atoms with Crippen molar-refractivity contribution in [1.29, 1.82) is 0 Å². The average Bonchev–Trinajstić information content (AvgIpc) is 2.59. The molecule has 2 rings (SSSR count). The summed E-state index contributed by atoms with van der Waals surface area (Å²) in [5.74, 6) is 0.251. The van der Waals surface area contributed by atoms with Crippen molar-refractivity contribution in [2.45, 2.75) is 26.2 Å². The third-order valence-corrected chi connectivity index (χ3v) is 4.14. The number of phenols is 1. The van der Waals surface area contributed by atoms with Crippen LogP contribution in [-0.2, 0) is 4.79 Å². The lowest BCUT2D eigenvalue weighted by Gasteiger charge is -2.31. The Labute approximate surface area is 136 Å². The fourth-order valence-electron chi connectivity index (χ4n) is 2.73. The SMILES string of the molecule is CCCNC(=O)C1CCN(C(=O)c2ccc(OC)cc2O)CC1. The van der Waals surface area contributed by atoms with Crippen molar-refractivity contribution in [3.63, 3.8) is 0 Å². The molecule has 23 heavy (non-hydrogen) atoms. The standard InChI is InChI=1S/C17H24N2O4/c1-3-8-18-16(21)12-6-9-19(10-7-12)17(22)14-5-4-13(23-2)11-15(14)20/h4-5,11-12,20H,3,6-10H2,1-2H3,(H,18,21). The highest BCUT2D eigenvalue weighted by molar-refractivity contribution is 5.97. The number of carbonyl (C=O) groups excluding carboxylic acids is 2. The molecular weight excluding hydrogens is 296 g/mol. The van der Waals surface area contributed by atoms with E-state index < -0.39 is 0 Å². The van der Waals surface area contributed by atoms with E-state index in [1.165, 1.54) is 13.2 Å². The Kier molecular flexibility index (Phi) is 5.84. The average molecular weight is 320 g/mol. The van der Waals surface area contributed by atoms with Gasteiger partial charge in [0.2, 0.25) is 5.91 Å². The number of amides is 2. The minimum absolute atomic E-state index is 0.0323. The smallest absolute Gasteiger partial charge is 0.257 e. The molecule has 0 saturated carbocycles. The normalized spacial score (nSPS) is 15.3. The first-order chi connectivity index (χ1) is 11.1. The van der Waals surface area contributed by atoms with Crippen molar-refractivity contribution in [3.8, 4) is 11.5 Å². The van der Waals surface area contributed by atoms with Crippen molar-refractivity contribution in [2.24, 2.45) is 5.92 Å². The van der Waals surface area contributed by atoms with Crippen LogP contribution in [0.3, 0.4) is 0 Å². The molecule has 1 aliphatic rings. The van der Waals surface area contributed by atoms with Crippen LogP contribution in [0.1, 0.15) is 36.5 Å². The van der Waals surface area contributed by atoms with Gasteiger partial charge in [-0.05, 0) is 31.4 Å². The zero-order valence-electron chi connectivity index (χ0n) is 13.7. The maximum Gasteiger partial charge on any atom is 0.257 e. The van der Waals surface area contributed by atoms with E-state index in [1.807, 2.05) is 6.92 Å². The molecule has 0 atom stereocenters. The largest absolute Gasteiger partial charge is 0.507 e. The molecular formula is C17H24N2O4. The van der Waals surface area contributed by atoms with Crippen LogP contribution in [0.5, 0.6) is 11.5 Å². The molecule has 0 unspecified atom stereocenters. The summed E-state index contributed by atoms with van der Waals surface area (Å²) in [6.45, 7) is 3.75. The second-order valence-corrected chi connectivity index (χ2v) is 5.74. The predicted octanol–water partition coefficient (Wildman–Crippen LogP) is 1.78. The van der Waals surface area contributed by atoms with Crippen LogP contribution in [0.4, 0.5) is 0 Å². The van der Waals surface area contributed by atoms with Gasteiger partial charge < -0.3 is 20.1 Å². The topological polar surface area (TPSA) is 78.9 Å². The van der Waals surface area contributed by atoms with Crippen LogP contribution in [0.2, 0.25) is 0 Å². The van der Waals surface area contributed by atoms with Gasteiger partial charge in [0.1, 0.15) is 11.5 Å². The van der Waals surface area contributed by atoms with Crippen LogP contribution >= 0.6 is 0 Å². The van der Waals surface area contributed by atoms with Crippen LogP contribution < -0.4 is 10.1 Å². The number of piperidine rings is 1. The molecule has 1 fully saturated rings. The van der Waals surface area contributed by atoms with E-state index in [-0.39, 0.29) is 29.0 Å². The number of carbonyl (C=O) groups is 2. The third-order valence-electron chi connectivity index (χ3n) is 4.14. The fraction of sp³-hybridized carbons (Fsp3) is 0.529. The number of methoxy groups -OCH3 is 1. The van der Waals surface area contributed by atoms with Gasteiger partial charge in [0.15, 0.2) is 0 Å². The first-order valence-corrected chi connectivity index (χ1v) is 8.00. The van der Waals surface area contributed by atoms with Gasteiger partial charge in [0.05, 0.1) is 12.7 Å². The van der Waals surface area contributed by atoms with E-state index >= 15 is 0 Å². The lowest BCUT2D eigenvalue weighted by atomic mass is 9.95. The summed E-state index contributed by atoms with van der Waals surface area (Å²) in [6.07, 6.45) is 2.22. The molecule has 6 heteroatoms. The Balaban J connectivity index is 1.94. The van der Waals surface area contributed by atoms with Crippen LogP contribution in [0.15, 0.2) is 18.2 Å². The highest BCUT2D eigenvalue weighted by Crippen LogP contribution is 2.26. The molecule has 2 amide bonds. The maximum atomic E-state index is 12.5. The molecule has 0 spiro atoms. The number of likely N-dealkylation sites (tertiary alicyclic amines) is 1. The zero-order valence-corrected chi connectivity index (χ0v) is 13.7. The summed E-state index contributed by atoms with van der Waals surface area (Å²) < 4.78 is 5.02. The van der Waals surface area contributed by atoms with Gasteiger partial charge >= 0.3 is 0 Å². The van der Waals surface area contributed by atoms with E-state index in [4.69, 9.17) is 4.74 Å². The molecule has 1 saturated heterocycles. The minimum Gasteiger partial charge on any atom is -0.507 e. The van der Waals surface area contributed by atoms with E-state index in [0.29, 0.717) is 38.2 Å². The van der Waals surface area contributed by atoms with Gasteiger partial charge in [0.25, 0.3) is 5.91 Å². The van der Waals surface area contributed by atoms with Crippen LogP contribution in [0, 0.1) is 5.92 Å². The van der Waals surface area contributed by atoms with E-state index in [2.05, 4.69) is 5.32 Å². The number of benzene rings is 1. The third kappa shape index (κ3) is 4.15. The molecule has 1 aromatic rings. The summed E-state index contributed by atoms with van der Waals surface area (Å²) in [5.41, 5.74) is 0.264. The van der Waals surface area contributed by atoms with Crippen molar-refractivity contribution in [3.05, 3.63) is 23.8 Å². The van der Waals surface area contributed by atoms with Crippen molar-refractivity contribution in [2.75, 3.05) is 26.7 Å². The molecule has 1 aromatic carbocycles. The Morgan fingerprint density at radius 1 is 1.35 bits per heavy atom. The van der Waals surface area contributed by atoms with Gasteiger partial charge in [-0.25, -0.2) is 0 Å². The summed E-state index contributed by atoms with van der Waals surface area (Å²) >= 11 is 0. The highest BCUT2D eigenvalue weighted by atomic mass is 16.5. The number of hydrogen-bond acceptors (Lipinski definition) is 4. The summed E-state index contributed by atoms with van der Waals surface area (Å²) in [6, 6.07) is 4.65. The molecule has 0 bridgehead atoms. The molecule has 1 heterocycles. The van der Waals surface area contributed by atoms with E-state index in [0.717, 1.165) is 6.42 Å². The number of ether oxygens (including phenoxy) is 1. The maximum absolute atomic E-state index is 12.5. The number of phenolic OH excluding ortho intramolecular Hbond substituents is 1. The molecule has 126 valence electrons. The Bertz CT molecular complexity index is 566. The molecule has 6 nitrogen and oxygen atoms in total. The molecule has 0 aliphatic carbocycles. The van der Waals surface area contributed by atoms with Gasteiger partial charge in [0, 0.05) is 31.6 Å². The fourth-order valence-corrected chi connectivity index (χ4v) is 2.73. The lowest BCUT2D eigenvalue weighted by Crippen LogP contribution is -2.43. The summed E-state index contributed by atoms with van der Waals surface area (Å²) in [5, 5.41) is 12.9. The van der Waals surface area contributed by atoms with E-state index in [1.54, 1.807) is 17.0 Å². The number of rotatable bonds is 5. The van der Waals surface area contributed by atoms with Gasteiger partial charge in [-0.15, -0.1) is 0 Å². The highest BCUT2D eigenvalue weighted by Gasteiger charge is 2.28. The van der Waals surface area contributed by atoms with Crippen molar-refractivity contribution < 1.29 is 19.4 Å². The van der Waals surface area contributed by atoms with Crippen LogP contribution in [0.25, 0.3) is 0 Å². The first-order valence-electron chi connectivity index (χ1n) is 8.00. The number of nitrogens with one attached hydrogen (secondary N) is 1. The quantitative estimate of drug-likeness (QED) is 0.867. The van der Waals surface area contributed by atoms with Crippen molar-refractivity contribution >= 4 is 11.8 Å². The Morgan fingerprint density at radius 3 is 2.61 bits per heavy atom. The molecule has 0 aromatic heterocycles. The molecule has 1 aliphatic heterocycles. The number of nitrogens with zero attached hydrogens (tertiary/aromatic N) is 1. The monoisotopic (exact) mass is 320 g/mol. The second kappa shape index (κ2) is 7.85. The number of aromatic hydroxyl groups is 1. The van der Waals surface area contributed by atoms with E-state index in [9.17, 15) is 14.7 Å². The van der Waals surface area contributed by atoms with Crippen LogP contribution in [-0.4, -0.2) is 48.6 Å².